The van der Waals surface area contributed by atoms with Gasteiger partial charge in [-0.05, 0) is 19.4 Å². The Morgan fingerprint density at radius 2 is 1.73 bits per heavy atom. The molecule has 1 saturated heterocycles. The Bertz CT molecular complexity index is 461. The number of carbonyl (C=O) groups excluding carboxylic acids is 1. The van der Waals surface area contributed by atoms with Crippen molar-refractivity contribution in [3.05, 3.63) is 35.9 Å². The first-order valence-corrected chi connectivity index (χ1v) is 7.97. The van der Waals surface area contributed by atoms with Gasteiger partial charge < -0.3 is 11.1 Å². The van der Waals surface area contributed by atoms with E-state index in [0.29, 0.717) is 13.1 Å². The lowest BCUT2D eigenvalue weighted by molar-refractivity contribution is -0.122. The van der Waals surface area contributed by atoms with E-state index in [2.05, 4.69) is 39.4 Å². The zero-order chi connectivity index (χ0) is 16.0. The largest absolute Gasteiger partial charge is 0.353 e. The first kappa shape index (κ1) is 16.9. The van der Waals surface area contributed by atoms with Gasteiger partial charge in [-0.25, -0.2) is 0 Å². The standard InChI is InChI=1S/C17H28N4O/c1-17(2,18)14-19-16(22)13-21-10-8-20(9-11-21)12-15-6-4-3-5-7-15/h3-7H,8-14,18H2,1-2H3,(H,19,22). The fraction of sp³-hybridized carbons (Fsp3) is 0.588. The molecule has 5 heteroatoms. The minimum Gasteiger partial charge on any atom is -0.353 e. The molecule has 1 heterocycles. The number of benzene rings is 1. The Labute approximate surface area is 133 Å². The summed E-state index contributed by atoms with van der Waals surface area (Å²) in [5.41, 5.74) is 6.86. The lowest BCUT2D eigenvalue weighted by Crippen LogP contribution is -2.51. The highest BCUT2D eigenvalue weighted by Crippen LogP contribution is 2.08. The third kappa shape index (κ3) is 6.13. The third-order valence-electron chi connectivity index (χ3n) is 3.82. The molecule has 1 aliphatic heterocycles. The van der Waals surface area contributed by atoms with Crippen molar-refractivity contribution in [1.82, 2.24) is 15.1 Å². The van der Waals surface area contributed by atoms with E-state index < -0.39 is 0 Å². The van der Waals surface area contributed by atoms with E-state index in [1.165, 1.54) is 5.56 Å². The molecule has 1 aromatic rings. The molecule has 3 N–H and O–H groups in total. The van der Waals surface area contributed by atoms with E-state index in [1.807, 2.05) is 19.9 Å². The van der Waals surface area contributed by atoms with Gasteiger partial charge in [-0.3, -0.25) is 14.6 Å². The summed E-state index contributed by atoms with van der Waals surface area (Å²) in [7, 11) is 0. The molecule has 22 heavy (non-hydrogen) atoms. The van der Waals surface area contributed by atoms with Crippen LogP contribution < -0.4 is 11.1 Å². The molecule has 0 saturated carbocycles. The van der Waals surface area contributed by atoms with Crippen LogP contribution in [0.2, 0.25) is 0 Å². The van der Waals surface area contributed by atoms with Crippen molar-refractivity contribution < 1.29 is 4.79 Å². The first-order chi connectivity index (χ1) is 10.4. The smallest absolute Gasteiger partial charge is 0.234 e. The lowest BCUT2D eigenvalue weighted by atomic mass is 10.1. The van der Waals surface area contributed by atoms with Gasteiger partial charge in [-0.1, -0.05) is 30.3 Å². The van der Waals surface area contributed by atoms with E-state index in [9.17, 15) is 4.79 Å². The fourth-order valence-electron chi connectivity index (χ4n) is 2.53. The second-order valence-electron chi connectivity index (χ2n) is 6.80. The average Bonchev–Trinajstić information content (AvgIpc) is 2.48. The maximum Gasteiger partial charge on any atom is 0.234 e. The molecule has 0 aliphatic carbocycles. The van der Waals surface area contributed by atoms with E-state index in [4.69, 9.17) is 5.73 Å². The molecule has 0 bridgehead atoms. The highest BCUT2D eigenvalue weighted by Gasteiger charge is 2.19. The van der Waals surface area contributed by atoms with Crippen LogP contribution in [0.1, 0.15) is 19.4 Å². The van der Waals surface area contributed by atoms with E-state index in [-0.39, 0.29) is 11.4 Å². The monoisotopic (exact) mass is 304 g/mol. The Morgan fingerprint density at radius 1 is 1.14 bits per heavy atom. The maximum atomic E-state index is 11.9. The number of rotatable bonds is 6. The van der Waals surface area contributed by atoms with Crippen molar-refractivity contribution in [1.29, 1.82) is 0 Å². The van der Waals surface area contributed by atoms with Crippen LogP contribution in [0.5, 0.6) is 0 Å². The molecule has 1 aliphatic rings. The molecule has 2 rings (SSSR count). The molecule has 0 atom stereocenters. The molecule has 1 amide bonds. The van der Waals surface area contributed by atoms with Crippen LogP contribution in [0.25, 0.3) is 0 Å². The van der Waals surface area contributed by atoms with E-state index >= 15 is 0 Å². The highest BCUT2D eigenvalue weighted by molar-refractivity contribution is 5.78. The van der Waals surface area contributed by atoms with Gasteiger partial charge in [0.1, 0.15) is 0 Å². The van der Waals surface area contributed by atoms with Crippen molar-refractivity contribution >= 4 is 5.91 Å². The van der Waals surface area contributed by atoms with Crippen LogP contribution in [-0.4, -0.2) is 60.5 Å². The molecule has 1 fully saturated rings. The Morgan fingerprint density at radius 3 is 2.32 bits per heavy atom. The normalized spacial score (nSPS) is 17.4. The van der Waals surface area contributed by atoms with Crippen LogP contribution in [0, 0.1) is 0 Å². The first-order valence-electron chi connectivity index (χ1n) is 7.97. The predicted molar refractivity (Wildman–Crippen MR) is 89.4 cm³/mol. The van der Waals surface area contributed by atoms with E-state index in [0.717, 1.165) is 32.7 Å². The van der Waals surface area contributed by atoms with Crippen LogP contribution in [0.3, 0.4) is 0 Å². The van der Waals surface area contributed by atoms with Gasteiger partial charge >= 0.3 is 0 Å². The Hall–Kier alpha value is -1.43. The summed E-state index contributed by atoms with van der Waals surface area (Å²) in [6.45, 7) is 9.68. The van der Waals surface area contributed by atoms with Gasteiger partial charge in [0, 0.05) is 44.8 Å². The minimum absolute atomic E-state index is 0.0648. The molecular formula is C17H28N4O. The quantitative estimate of drug-likeness (QED) is 0.810. The summed E-state index contributed by atoms with van der Waals surface area (Å²) in [6.07, 6.45) is 0. The topological polar surface area (TPSA) is 61.6 Å². The number of amides is 1. The number of nitrogens with two attached hydrogens (primary N) is 1. The molecule has 122 valence electrons. The molecule has 0 unspecified atom stereocenters. The Kier molecular flexibility index (Phi) is 5.94. The second-order valence-corrected chi connectivity index (χ2v) is 6.80. The van der Waals surface area contributed by atoms with Gasteiger partial charge in [0.15, 0.2) is 0 Å². The Balaban J connectivity index is 1.68. The molecule has 5 nitrogen and oxygen atoms in total. The number of piperazine rings is 1. The number of nitrogens with one attached hydrogen (secondary N) is 1. The zero-order valence-electron chi connectivity index (χ0n) is 13.7. The van der Waals surface area contributed by atoms with Gasteiger partial charge in [0.05, 0.1) is 6.54 Å². The summed E-state index contributed by atoms with van der Waals surface area (Å²) in [4.78, 5) is 16.6. The molecule has 0 spiro atoms. The molecular weight excluding hydrogens is 276 g/mol. The van der Waals surface area contributed by atoms with E-state index in [1.54, 1.807) is 0 Å². The zero-order valence-corrected chi connectivity index (χ0v) is 13.7. The van der Waals surface area contributed by atoms with Crippen molar-refractivity contribution in [3.63, 3.8) is 0 Å². The minimum atomic E-state index is -0.357. The van der Waals surface area contributed by atoms with Gasteiger partial charge in [0.2, 0.25) is 5.91 Å². The van der Waals surface area contributed by atoms with Crippen LogP contribution >= 0.6 is 0 Å². The fourth-order valence-corrected chi connectivity index (χ4v) is 2.53. The maximum absolute atomic E-state index is 11.9. The lowest BCUT2D eigenvalue weighted by Gasteiger charge is -2.34. The summed E-state index contributed by atoms with van der Waals surface area (Å²) in [6, 6.07) is 10.5. The number of nitrogens with zero attached hydrogens (tertiary/aromatic N) is 2. The number of carbonyl (C=O) groups is 1. The van der Waals surface area contributed by atoms with Gasteiger partial charge in [-0.15, -0.1) is 0 Å². The second kappa shape index (κ2) is 7.72. The molecule has 0 aromatic heterocycles. The summed E-state index contributed by atoms with van der Waals surface area (Å²) < 4.78 is 0. The van der Waals surface area contributed by atoms with Crippen molar-refractivity contribution in [3.8, 4) is 0 Å². The van der Waals surface area contributed by atoms with Gasteiger partial charge in [0.25, 0.3) is 0 Å². The average molecular weight is 304 g/mol. The van der Waals surface area contributed by atoms with Crippen molar-refractivity contribution in [2.24, 2.45) is 5.73 Å². The van der Waals surface area contributed by atoms with Crippen molar-refractivity contribution in [2.45, 2.75) is 25.9 Å². The highest BCUT2D eigenvalue weighted by atomic mass is 16.2. The number of hydrogen-bond donors (Lipinski definition) is 2. The summed E-state index contributed by atoms with van der Waals surface area (Å²) >= 11 is 0. The summed E-state index contributed by atoms with van der Waals surface area (Å²) in [5, 5.41) is 2.90. The van der Waals surface area contributed by atoms with Crippen molar-refractivity contribution in [2.75, 3.05) is 39.3 Å². The molecule has 1 aromatic carbocycles. The molecule has 0 radical (unpaired) electrons. The third-order valence-corrected chi connectivity index (χ3v) is 3.82. The van der Waals surface area contributed by atoms with Crippen LogP contribution in [0.4, 0.5) is 0 Å². The summed E-state index contributed by atoms with van der Waals surface area (Å²) in [5.74, 6) is 0.0648. The SMILES string of the molecule is CC(C)(N)CNC(=O)CN1CCN(Cc2ccccc2)CC1. The van der Waals surface area contributed by atoms with Gasteiger partial charge in [-0.2, -0.15) is 0 Å². The van der Waals surface area contributed by atoms with Crippen LogP contribution in [-0.2, 0) is 11.3 Å². The number of hydrogen-bond acceptors (Lipinski definition) is 4. The predicted octanol–water partition coefficient (Wildman–Crippen LogP) is 0.658. The van der Waals surface area contributed by atoms with Crippen LogP contribution in [0.15, 0.2) is 30.3 Å².